The fraction of sp³-hybridized carbons (Fsp3) is 0.520. The molecule has 0 spiro atoms. The highest BCUT2D eigenvalue weighted by atomic mass is 32.2. The Bertz CT molecular complexity index is 889. The van der Waals surface area contributed by atoms with Crippen LogP contribution in [-0.2, 0) is 14.3 Å². The first-order valence-electron chi connectivity index (χ1n) is 11.3. The Morgan fingerprint density at radius 2 is 1.65 bits per heavy atom. The second-order valence-corrected chi connectivity index (χ2v) is 11.6. The van der Waals surface area contributed by atoms with Crippen LogP contribution >= 0.6 is 11.8 Å². The highest BCUT2D eigenvalue weighted by Gasteiger charge is 2.39. The number of aliphatic hydroxyl groups excluding tert-OH is 1. The Hall–Kier alpha value is -1.34. The van der Waals surface area contributed by atoms with E-state index in [9.17, 15) is 13.5 Å². The highest BCUT2D eigenvalue weighted by Crippen LogP contribution is 2.47. The largest absolute Gasteiger partial charge is 0.392 e. The number of hydrogen-bond acceptors (Lipinski definition) is 5. The third kappa shape index (κ3) is 7.07. The third-order valence-corrected chi connectivity index (χ3v) is 8.96. The maximum absolute atomic E-state index is 12.2. The fourth-order valence-corrected chi connectivity index (χ4v) is 6.65. The Kier molecular flexibility index (Phi) is 9.02. The van der Waals surface area contributed by atoms with Crippen LogP contribution in [0.1, 0.15) is 63.4 Å². The van der Waals surface area contributed by atoms with Gasteiger partial charge in [-0.2, -0.15) is 8.42 Å². The van der Waals surface area contributed by atoms with Crippen molar-refractivity contribution < 1.29 is 17.7 Å². The zero-order chi connectivity index (χ0) is 22.2. The first-order chi connectivity index (χ1) is 14.9. The molecule has 0 radical (unpaired) electrons. The molecule has 0 bridgehead atoms. The number of unbranched alkanes of at least 4 members (excludes halogenated alkanes) is 2. The van der Waals surface area contributed by atoms with Gasteiger partial charge < -0.3 is 5.11 Å². The van der Waals surface area contributed by atoms with Gasteiger partial charge in [-0.15, -0.1) is 11.8 Å². The van der Waals surface area contributed by atoms with Crippen molar-refractivity contribution >= 4 is 21.9 Å². The zero-order valence-electron chi connectivity index (χ0n) is 18.3. The second-order valence-electron chi connectivity index (χ2n) is 8.49. The van der Waals surface area contributed by atoms with E-state index in [2.05, 4.69) is 24.3 Å². The average molecular weight is 463 g/mol. The molecule has 0 saturated heterocycles. The van der Waals surface area contributed by atoms with Crippen molar-refractivity contribution in [2.45, 2.75) is 85.4 Å². The average Bonchev–Trinajstić information content (AvgIpc) is 2.77. The second kappa shape index (κ2) is 11.5. The maximum atomic E-state index is 12.2. The number of aliphatic hydroxyl groups is 1. The van der Waals surface area contributed by atoms with Crippen molar-refractivity contribution in [3.8, 4) is 0 Å². The minimum absolute atomic E-state index is 0.106. The summed E-state index contributed by atoms with van der Waals surface area (Å²) >= 11 is 1.84. The van der Waals surface area contributed by atoms with Gasteiger partial charge in [-0.3, -0.25) is 4.18 Å². The van der Waals surface area contributed by atoms with Crippen molar-refractivity contribution in [1.82, 2.24) is 0 Å². The lowest BCUT2D eigenvalue weighted by atomic mass is 9.82. The monoisotopic (exact) mass is 462 g/mol. The topological polar surface area (TPSA) is 63.6 Å². The van der Waals surface area contributed by atoms with Gasteiger partial charge >= 0.3 is 0 Å². The molecule has 1 aliphatic rings. The van der Waals surface area contributed by atoms with Gasteiger partial charge in [0, 0.05) is 9.64 Å². The molecule has 1 aliphatic carbocycles. The smallest absolute Gasteiger partial charge is 0.296 e. The van der Waals surface area contributed by atoms with Crippen molar-refractivity contribution in [2.24, 2.45) is 0 Å². The minimum Gasteiger partial charge on any atom is -0.392 e. The quantitative estimate of drug-likeness (QED) is 0.322. The molecule has 0 aromatic heterocycles. The van der Waals surface area contributed by atoms with Crippen LogP contribution in [0, 0.1) is 6.92 Å². The molecule has 0 aliphatic heterocycles. The summed E-state index contributed by atoms with van der Waals surface area (Å²) in [5, 5.41) is 11.1. The van der Waals surface area contributed by atoms with E-state index in [1.54, 1.807) is 24.3 Å². The highest BCUT2D eigenvalue weighted by molar-refractivity contribution is 8.00. The van der Waals surface area contributed by atoms with Gasteiger partial charge in [0.25, 0.3) is 10.1 Å². The van der Waals surface area contributed by atoms with E-state index in [0.717, 1.165) is 37.7 Å². The van der Waals surface area contributed by atoms with Gasteiger partial charge in [0.05, 0.1) is 17.6 Å². The lowest BCUT2D eigenvalue weighted by molar-refractivity contribution is 0.0953. The lowest BCUT2D eigenvalue weighted by Gasteiger charge is -2.41. The van der Waals surface area contributed by atoms with Crippen LogP contribution in [-0.4, -0.2) is 31.0 Å². The molecule has 2 aromatic rings. The summed E-state index contributed by atoms with van der Waals surface area (Å²) < 4.78 is 29.6. The predicted molar refractivity (Wildman–Crippen MR) is 127 cm³/mol. The number of aryl methyl sites for hydroxylation is 1. The number of rotatable bonds is 11. The van der Waals surface area contributed by atoms with E-state index in [1.165, 1.54) is 24.2 Å². The van der Waals surface area contributed by atoms with Crippen molar-refractivity contribution in [3.63, 3.8) is 0 Å². The summed E-state index contributed by atoms with van der Waals surface area (Å²) in [5.74, 6) is 0. The zero-order valence-corrected chi connectivity index (χ0v) is 20.0. The van der Waals surface area contributed by atoms with E-state index in [4.69, 9.17) is 4.18 Å². The van der Waals surface area contributed by atoms with Crippen LogP contribution in [0.3, 0.4) is 0 Å². The maximum Gasteiger partial charge on any atom is 0.296 e. The van der Waals surface area contributed by atoms with Crippen LogP contribution in [0.2, 0.25) is 0 Å². The summed E-state index contributed by atoms with van der Waals surface area (Å²) in [6, 6.07) is 17.1. The van der Waals surface area contributed by atoms with Gasteiger partial charge in [0.2, 0.25) is 0 Å². The molecule has 2 aromatic carbocycles. The van der Waals surface area contributed by atoms with Gasteiger partial charge in [-0.25, -0.2) is 0 Å². The van der Waals surface area contributed by atoms with Crippen LogP contribution in [0.5, 0.6) is 0 Å². The van der Waals surface area contributed by atoms with Crippen molar-refractivity contribution in [2.75, 3.05) is 6.61 Å². The summed E-state index contributed by atoms with van der Waals surface area (Å²) in [7, 11) is -3.69. The molecule has 170 valence electrons. The third-order valence-electron chi connectivity index (χ3n) is 6.04. The Morgan fingerprint density at radius 1 is 0.968 bits per heavy atom. The van der Waals surface area contributed by atoms with E-state index in [-0.39, 0.29) is 22.4 Å². The molecule has 3 rings (SSSR count). The van der Waals surface area contributed by atoms with Gasteiger partial charge in [-0.05, 0) is 56.9 Å². The first kappa shape index (κ1) is 24.3. The normalized spacial score (nSPS) is 17.4. The fourth-order valence-electron chi connectivity index (χ4n) is 4.20. The van der Waals surface area contributed by atoms with Crippen molar-refractivity contribution in [1.29, 1.82) is 0 Å². The lowest BCUT2D eigenvalue weighted by Crippen LogP contribution is -2.41. The van der Waals surface area contributed by atoms with E-state index >= 15 is 0 Å². The van der Waals surface area contributed by atoms with E-state index < -0.39 is 10.1 Å². The summed E-state index contributed by atoms with van der Waals surface area (Å²) in [6.07, 6.45) is 8.44. The van der Waals surface area contributed by atoms with Gasteiger partial charge in [0.15, 0.2) is 0 Å². The first-order valence-corrected chi connectivity index (χ1v) is 13.5. The Morgan fingerprint density at radius 3 is 2.32 bits per heavy atom. The molecule has 31 heavy (non-hydrogen) atoms. The molecule has 1 fully saturated rings. The molecule has 0 heterocycles. The SMILES string of the molecule is Cc1ccc(S(=O)(=O)OCCCCCC(O)C2(Sc3ccccc3)CCCCC2)cc1. The molecule has 4 nitrogen and oxygen atoms in total. The molecule has 1 unspecified atom stereocenters. The van der Waals surface area contributed by atoms with Gasteiger partial charge in [0.1, 0.15) is 0 Å². The molecule has 1 N–H and O–H groups in total. The van der Waals surface area contributed by atoms with Crippen LogP contribution in [0.15, 0.2) is 64.4 Å². The summed E-state index contributed by atoms with van der Waals surface area (Å²) in [4.78, 5) is 1.42. The molecular weight excluding hydrogens is 428 g/mol. The molecule has 1 atom stereocenters. The Balaban J connectivity index is 1.44. The number of hydrogen-bond donors (Lipinski definition) is 1. The number of benzene rings is 2. The summed E-state index contributed by atoms with van der Waals surface area (Å²) in [5.41, 5.74) is 1.01. The van der Waals surface area contributed by atoms with Crippen LogP contribution in [0.25, 0.3) is 0 Å². The van der Waals surface area contributed by atoms with Gasteiger partial charge in [-0.1, -0.05) is 68.0 Å². The molecule has 1 saturated carbocycles. The van der Waals surface area contributed by atoms with Crippen LogP contribution < -0.4 is 0 Å². The standard InChI is InChI=1S/C25H34O4S2/c1-21-14-16-23(17-15-21)31(27,28)29-20-10-3-7-13-24(26)25(18-8-4-9-19-25)30-22-11-5-2-6-12-22/h2,5-6,11-12,14-17,24,26H,3-4,7-10,13,18-20H2,1H3. The number of thioether (sulfide) groups is 1. The van der Waals surface area contributed by atoms with E-state index in [1.807, 2.05) is 24.8 Å². The molecule has 0 amide bonds. The Labute approximate surface area is 191 Å². The van der Waals surface area contributed by atoms with Crippen molar-refractivity contribution in [3.05, 3.63) is 60.2 Å². The molecule has 6 heteroatoms. The van der Waals surface area contributed by atoms with Crippen LogP contribution in [0.4, 0.5) is 0 Å². The minimum atomic E-state index is -3.69. The van der Waals surface area contributed by atoms with E-state index in [0.29, 0.717) is 6.42 Å². The molecular formula is C25H34O4S2. The predicted octanol–water partition coefficient (Wildman–Crippen LogP) is 6.12. The summed E-state index contributed by atoms with van der Waals surface area (Å²) in [6.45, 7) is 2.09.